The van der Waals surface area contributed by atoms with Gasteiger partial charge in [0, 0.05) is 25.9 Å². The van der Waals surface area contributed by atoms with Gasteiger partial charge in [-0.05, 0) is 25.5 Å². The van der Waals surface area contributed by atoms with Gasteiger partial charge in [0.2, 0.25) is 0 Å². The van der Waals surface area contributed by atoms with Crippen molar-refractivity contribution in [2.24, 2.45) is 15.9 Å². The van der Waals surface area contributed by atoms with Crippen LogP contribution in [0.4, 0.5) is 8.78 Å². The van der Waals surface area contributed by atoms with E-state index in [-0.39, 0.29) is 5.57 Å². The van der Waals surface area contributed by atoms with Crippen molar-refractivity contribution >= 4 is 12.9 Å². The Morgan fingerprint density at radius 1 is 1.44 bits per heavy atom. The lowest BCUT2D eigenvalue weighted by molar-refractivity contribution is 0.0704. The van der Waals surface area contributed by atoms with E-state index in [2.05, 4.69) is 30.5 Å². The molecule has 0 aromatic rings. The fourth-order valence-electron chi connectivity index (χ4n) is 1.11. The summed E-state index contributed by atoms with van der Waals surface area (Å²) in [6.45, 7) is 8.80. The maximum Gasteiger partial charge on any atom is 0.273 e. The van der Waals surface area contributed by atoms with Gasteiger partial charge in [0.25, 0.3) is 5.92 Å². The highest BCUT2D eigenvalue weighted by molar-refractivity contribution is 5.80. The maximum absolute atomic E-state index is 13.0. The molecular weight excluding hydrogens is 210 g/mol. The molecule has 0 aliphatic heterocycles. The first-order valence-corrected chi connectivity index (χ1v) is 5.42. The number of hydrogen-bond acceptors (Lipinski definition) is 2. The monoisotopic (exact) mass is 230 g/mol. The molecule has 0 aromatic carbocycles. The van der Waals surface area contributed by atoms with Crippen LogP contribution in [0, 0.1) is 5.92 Å². The molecule has 92 valence electrons. The second-order valence-corrected chi connectivity index (χ2v) is 4.23. The molecule has 16 heavy (non-hydrogen) atoms. The standard InChI is InChI=1S/C12H20F2N2/c1-10(2)6-5-7-16-9-11(8-15-4)12(3,13)14/h8-10H,4-7H2,1-3H3/b11-8+,16-9?. The van der Waals surface area contributed by atoms with E-state index in [1.54, 1.807) is 0 Å². The van der Waals surface area contributed by atoms with Crippen LogP contribution in [0.1, 0.15) is 33.6 Å². The summed E-state index contributed by atoms with van der Waals surface area (Å²) in [5.74, 6) is -2.30. The number of halogens is 2. The number of hydrogen-bond donors (Lipinski definition) is 0. The molecular formula is C12H20F2N2. The van der Waals surface area contributed by atoms with Crippen LogP contribution in [0.25, 0.3) is 0 Å². The largest absolute Gasteiger partial charge is 0.293 e. The summed E-state index contributed by atoms with van der Waals surface area (Å²) in [5.41, 5.74) is -0.202. The molecule has 0 atom stereocenters. The van der Waals surface area contributed by atoms with E-state index in [0.29, 0.717) is 12.5 Å². The average molecular weight is 230 g/mol. The van der Waals surface area contributed by atoms with Crippen molar-refractivity contribution < 1.29 is 8.78 Å². The number of alkyl halides is 2. The first kappa shape index (κ1) is 14.9. The van der Waals surface area contributed by atoms with Gasteiger partial charge in [-0.1, -0.05) is 13.8 Å². The summed E-state index contributed by atoms with van der Waals surface area (Å²) in [4.78, 5) is 7.31. The lowest BCUT2D eigenvalue weighted by atomic mass is 10.1. The first-order valence-electron chi connectivity index (χ1n) is 5.42. The molecule has 0 saturated carbocycles. The summed E-state index contributed by atoms with van der Waals surface area (Å²) in [6.07, 6.45) is 4.21. The van der Waals surface area contributed by atoms with Crippen LogP contribution >= 0.6 is 0 Å². The zero-order valence-corrected chi connectivity index (χ0v) is 10.2. The average Bonchev–Trinajstić information content (AvgIpc) is 2.13. The molecule has 0 rings (SSSR count). The van der Waals surface area contributed by atoms with E-state index < -0.39 is 5.92 Å². The minimum atomic E-state index is -2.91. The van der Waals surface area contributed by atoms with Gasteiger partial charge in [-0.3, -0.25) is 9.98 Å². The van der Waals surface area contributed by atoms with Crippen LogP contribution in [0.3, 0.4) is 0 Å². The molecule has 0 amide bonds. The Labute approximate surface area is 96.2 Å². The van der Waals surface area contributed by atoms with Crippen molar-refractivity contribution in [1.82, 2.24) is 0 Å². The molecule has 0 fully saturated rings. The second kappa shape index (κ2) is 7.25. The molecule has 0 saturated heterocycles. The quantitative estimate of drug-likeness (QED) is 0.470. The van der Waals surface area contributed by atoms with Crippen LogP contribution < -0.4 is 0 Å². The summed E-state index contributed by atoms with van der Waals surface area (Å²) >= 11 is 0. The Morgan fingerprint density at radius 2 is 2.06 bits per heavy atom. The van der Waals surface area contributed by atoms with Gasteiger partial charge < -0.3 is 0 Å². The van der Waals surface area contributed by atoms with Gasteiger partial charge in [-0.15, -0.1) is 0 Å². The van der Waals surface area contributed by atoms with E-state index in [9.17, 15) is 8.78 Å². The number of nitrogens with zero attached hydrogens (tertiary/aromatic N) is 2. The molecule has 2 nitrogen and oxygen atoms in total. The molecule has 0 bridgehead atoms. The van der Waals surface area contributed by atoms with Crippen LogP contribution in [-0.4, -0.2) is 25.4 Å². The molecule has 0 aromatic heterocycles. The minimum Gasteiger partial charge on any atom is -0.293 e. The van der Waals surface area contributed by atoms with Crippen molar-refractivity contribution in [2.45, 2.75) is 39.5 Å². The third kappa shape index (κ3) is 7.26. The molecule has 0 radical (unpaired) electrons. The lowest BCUT2D eigenvalue weighted by Crippen LogP contribution is -2.14. The van der Waals surface area contributed by atoms with Gasteiger partial charge in [0.05, 0.1) is 5.57 Å². The fraction of sp³-hybridized carbons (Fsp3) is 0.667. The van der Waals surface area contributed by atoms with Crippen molar-refractivity contribution in [3.63, 3.8) is 0 Å². The number of aliphatic imine (C=N–C) groups is 2. The fourth-order valence-corrected chi connectivity index (χ4v) is 1.11. The molecule has 0 heterocycles. The molecule has 0 aliphatic carbocycles. The highest BCUT2D eigenvalue weighted by atomic mass is 19.3. The summed E-state index contributed by atoms with van der Waals surface area (Å²) in [5, 5.41) is 0. The predicted molar refractivity (Wildman–Crippen MR) is 65.7 cm³/mol. The predicted octanol–water partition coefficient (Wildman–Crippen LogP) is 3.73. The Kier molecular flexibility index (Phi) is 6.77. The number of rotatable bonds is 7. The lowest BCUT2D eigenvalue weighted by Gasteiger charge is -2.09. The first-order chi connectivity index (χ1) is 7.38. The smallest absolute Gasteiger partial charge is 0.273 e. The highest BCUT2D eigenvalue weighted by Crippen LogP contribution is 2.21. The Bertz CT molecular complexity index is 263. The van der Waals surface area contributed by atoms with E-state index in [1.165, 1.54) is 6.21 Å². The SMILES string of the molecule is C=N/C=C(\C=NCCCC(C)C)C(C)(F)F. The van der Waals surface area contributed by atoms with Crippen LogP contribution in [-0.2, 0) is 0 Å². The maximum atomic E-state index is 13.0. The summed E-state index contributed by atoms with van der Waals surface area (Å²) in [6, 6.07) is 0. The molecule has 0 aliphatic rings. The third-order valence-corrected chi connectivity index (χ3v) is 2.04. The van der Waals surface area contributed by atoms with E-state index >= 15 is 0 Å². The van der Waals surface area contributed by atoms with Crippen LogP contribution in [0.5, 0.6) is 0 Å². The van der Waals surface area contributed by atoms with Crippen molar-refractivity contribution in [1.29, 1.82) is 0 Å². The Balaban J connectivity index is 4.17. The Morgan fingerprint density at radius 3 is 2.50 bits per heavy atom. The van der Waals surface area contributed by atoms with Crippen molar-refractivity contribution in [3.8, 4) is 0 Å². The zero-order chi connectivity index (χ0) is 12.6. The van der Waals surface area contributed by atoms with Crippen molar-refractivity contribution in [2.75, 3.05) is 6.54 Å². The molecule has 4 heteroatoms. The zero-order valence-electron chi connectivity index (χ0n) is 10.2. The van der Waals surface area contributed by atoms with Crippen molar-refractivity contribution in [3.05, 3.63) is 11.8 Å². The second-order valence-electron chi connectivity index (χ2n) is 4.23. The van der Waals surface area contributed by atoms with Crippen LogP contribution in [0.15, 0.2) is 21.8 Å². The van der Waals surface area contributed by atoms with Crippen LogP contribution in [0.2, 0.25) is 0 Å². The van der Waals surface area contributed by atoms with E-state index in [1.807, 2.05) is 0 Å². The third-order valence-electron chi connectivity index (χ3n) is 2.04. The van der Waals surface area contributed by atoms with Gasteiger partial charge in [-0.25, -0.2) is 8.78 Å². The van der Waals surface area contributed by atoms with Gasteiger partial charge >= 0.3 is 0 Å². The van der Waals surface area contributed by atoms with Gasteiger partial charge in [0.15, 0.2) is 0 Å². The summed E-state index contributed by atoms with van der Waals surface area (Å²) in [7, 11) is 0. The molecule has 0 N–H and O–H groups in total. The topological polar surface area (TPSA) is 24.7 Å². The van der Waals surface area contributed by atoms with E-state index in [4.69, 9.17) is 0 Å². The normalized spacial score (nSPS) is 13.8. The Hall–Kier alpha value is -1.06. The molecule has 0 spiro atoms. The number of allylic oxidation sites excluding steroid dienone is 1. The summed E-state index contributed by atoms with van der Waals surface area (Å²) < 4.78 is 25.9. The van der Waals surface area contributed by atoms with E-state index in [0.717, 1.165) is 26.0 Å². The highest BCUT2D eigenvalue weighted by Gasteiger charge is 2.25. The van der Waals surface area contributed by atoms with Gasteiger partial charge in [0.1, 0.15) is 0 Å². The molecule has 0 unspecified atom stereocenters. The minimum absolute atomic E-state index is 0.202. The van der Waals surface area contributed by atoms with Gasteiger partial charge in [-0.2, -0.15) is 0 Å².